The fourth-order valence-electron chi connectivity index (χ4n) is 3.75. The van der Waals surface area contributed by atoms with Gasteiger partial charge >= 0.3 is 0 Å². The molecule has 1 N–H and O–H groups in total. The number of nitrogens with zero attached hydrogens (tertiary/aromatic N) is 3. The van der Waals surface area contributed by atoms with Crippen LogP contribution in [0.1, 0.15) is 77.0 Å². The van der Waals surface area contributed by atoms with E-state index in [0.717, 1.165) is 11.3 Å². The normalized spacial score (nSPS) is 12.1. The number of halogens is 2. The molecule has 8 heteroatoms. The van der Waals surface area contributed by atoms with Gasteiger partial charge in [-0.05, 0) is 55.2 Å². The molecule has 0 fully saturated rings. The van der Waals surface area contributed by atoms with Gasteiger partial charge in [-0.25, -0.2) is 4.68 Å². The second-order valence-corrected chi connectivity index (χ2v) is 12.4. The maximum atomic E-state index is 13.3. The Kier molecular flexibility index (Phi) is 8.45. The van der Waals surface area contributed by atoms with Crippen molar-refractivity contribution in [3.05, 3.63) is 75.4 Å². The van der Waals surface area contributed by atoms with E-state index in [-0.39, 0.29) is 35.2 Å². The van der Waals surface area contributed by atoms with Gasteiger partial charge in [0.2, 0.25) is 5.91 Å². The van der Waals surface area contributed by atoms with Gasteiger partial charge in [0, 0.05) is 23.1 Å². The molecular formula is C29H36Cl2N4O2. The molecule has 0 bridgehead atoms. The third kappa shape index (κ3) is 6.93. The van der Waals surface area contributed by atoms with E-state index in [1.54, 1.807) is 27.8 Å². The number of anilines is 1. The predicted molar refractivity (Wildman–Crippen MR) is 152 cm³/mol. The van der Waals surface area contributed by atoms with Crippen molar-refractivity contribution in [2.45, 2.75) is 72.3 Å². The van der Waals surface area contributed by atoms with Crippen molar-refractivity contribution in [2.24, 2.45) is 0 Å². The highest BCUT2D eigenvalue weighted by Crippen LogP contribution is 2.30. The molecule has 3 rings (SSSR count). The van der Waals surface area contributed by atoms with E-state index in [4.69, 9.17) is 28.3 Å². The number of carbonyl (C=O) groups is 2. The van der Waals surface area contributed by atoms with Gasteiger partial charge in [-0.2, -0.15) is 5.10 Å². The summed E-state index contributed by atoms with van der Waals surface area (Å²) in [7, 11) is 0. The van der Waals surface area contributed by atoms with Crippen molar-refractivity contribution in [2.75, 3.05) is 11.9 Å². The van der Waals surface area contributed by atoms with E-state index >= 15 is 0 Å². The Hall–Kier alpha value is -2.83. The van der Waals surface area contributed by atoms with E-state index in [2.05, 4.69) is 26.1 Å². The van der Waals surface area contributed by atoms with Gasteiger partial charge in [-0.3, -0.25) is 9.59 Å². The predicted octanol–water partition coefficient (Wildman–Crippen LogP) is 7.26. The fourth-order valence-corrected chi connectivity index (χ4v) is 4.05. The van der Waals surface area contributed by atoms with Crippen LogP contribution in [0.5, 0.6) is 0 Å². The van der Waals surface area contributed by atoms with Crippen LogP contribution in [0.15, 0.2) is 48.5 Å². The first-order chi connectivity index (χ1) is 17.1. The number of benzene rings is 2. The number of hydrogen-bond acceptors (Lipinski definition) is 3. The van der Waals surface area contributed by atoms with Crippen LogP contribution in [-0.2, 0) is 15.6 Å². The summed E-state index contributed by atoms with van der Waals surface area (Å²) in [6.07, 6.45) is 0. The van der Waals surface area contributed by atoms with Gasteiger partial charge in [-0.15, -0.1) is 0 Å². The first kappa shape index (κ1) is 28.7. The van der Waals surface area contributed by atoms with E-state index in [0.29, 0.717) is 27.1 Å². The number of hydrogen-bond donors (Lipinski definition) is 1. The molecule has 0 spiro atoms. The summed E-state index contributed by atoms with van der Waals surface area (Å²) in [5.41, 5.74) is 2.89. The summed E-state index contributed by atoms with van der Waals surface area (Å²) in [6.45, 7) is 16.2. The average Bonchev–Trinajstić information content (AvgIpc) is 3.22. The third-order valence-corrected chi connectivity index (χ3v) is 6.83. The molecule has 0 aliphatic carbocycles. The molecule has 1 aromatic heterocycles. The zero-order chi connectivity index (χ0) is 27.7. The summed E-state index contributed by atoms with van der Waals surface area (Å²) < 4.78 is 1.63. The highest BCUT2D eigenvalue weighted by atomic mass is 35.5. The molecule has 0 aliphatic rings. The summed E-state index contributed by atoms with van der Waals surface area (Å²) in [6, 6.07) is 14.4. The van der Waals surface area contributed by atoms with E-state index in [1.807, 2.05) is 65.0 Å². The summed E-state index contributed by atoms with van der Waals surface area (Å²) >= 11 is 12.3. The Morgan fingerprint density at radius 1 is 0.919 bits per heavy atom. The summed E-state index contributed by atoms with van der Waals surface area (Å²) in [5, 5.41) is 8.49. The maximum Gasteiger partial charge on any atom is 0.254 e. The fraction of sp³-hybridized carbons (Fsp3) is 0.414. The lowest BCUT2D eigenvalue weighted by molar-refractivity contribution is -0.117. The molecule has 2 amide bonds. The molecule has 0 saturated heterocycles. The van der Waals surface area contributed by atoms with Crippen LogP contribution in [0, 0.1) is 0 Å². The molecule has 198 valence electrons. The van der Waals surface area contributed by atoms with Gasteiger partial charge < -0.3 is 10.2 Å². The van der Waals surface area contributed by atoms with Crippen LogP contribution in [0.2, 0.25) is 10.0 Å². The molecular weight excluding hydrogens is 507 g/mol. The molecule has 2 aromatic carbocycles. The lowest BCUT2D eigenvalue weighted by Crippen LogP contribution is -2.42. The van der Waals surface area contributed by atoms with Gasteiger partial charge in [0.05, 0.1) is 21.4 Å². The third-order valence-electron chi connectivity index (χ3n) is 6.09. The number of rotatable bonds is 6. The standard InChI is InChI=1S/C29H36Cl2N4O2/c1-18(2)34(27(37)19-9-11-20(12-10-19)28(3,4)5)17-26(36)32-25-16-24(29(6,7)8)33-35(25)21-13-14-22(30)23(31)15-21/h9-16,18H,17H2,1-8H3,(H,32,36). The lowest BCUT2D eigenvalue weighted by Gasteiger charge is -2.27. The molecule has 37 heavy (non-hydrogen) atoms. The van der Waals surface area contributed by atoms with Crippen molar-refractivity contribution in [1.82, 2.24) is 14.7 Å². The van der Waals surface area contributed by atoms with Crippen molar-refractivity contribution < 1.29 is 9.59 Å². The van der Waals surface area contributed by atoms with Crippen LogP contribution >= 0.6 is 23.2 Å². The minimum atomic E-state index is -0.324. The highest BCUT2D eigenvalue weighted by Gasteiger charge is 2.25. The molecule has 6 nitrogen and oxygen atoms in total. The van der Waals surface area contributed by atoms with Crippen molar-refractivity contribution >= 4 is 40.8 Å². The van der Waals surface area contributed by atoms with Crippen LogP contribution in [0.3, 0.4) is 0 Å². The molecule has 0 saturated carbocycles. The second kappa shape index (κ2) is 10.9. The quantitative estimate of drug-likeness (QED) is 0.356. The Labute approximate surface area is 230 Å². The minimum Gasteiger partial charge on any atom is -0.327 e. The molecule has 0 unspecified atom stereocenters. The topological polar surface area (TPSA) is 67.2 Å². The first-order valence-corrected chi connectivity index (χ1v) is 13.1. The molecule has 0 atom stereocenters. The Balaban J connectivity index is 1.86. The number of aromatic nitrogens is 2. The van der Waals surface area contributed by atoms with E-state index in [9.17, 15) is 9.59 Å². The van der Waals surface area contributed by atoms with Crippen LogP contribution in [-0.4, -0.2) is 39.1 Å². The second-order valence-electron chi connectivity index (χ2n) is 11.6. The van der Waals surface area contributed by atoms with Gasteiger partial charge in [0.15, 0.2) is 0 Å². The number of nitrogens with one attached hydrogen (secondary N) is 1. The molecule has 0 radical (unpaired) electrons. The summed E-state index contributed by atoms with van der Waals surface area (Å²) in [5.74, 6) is -0.0342. The molecule has 0 aliphatic heterocycles. The Morgan fingerprint density at radius 2 is 1.54 bits per heavy atom. The van der Waals surface area contributed by atoms with Gasteiger partial charge in [0.1, 0.15) is 12.4 Å². The lowest BCUT2D eigenvalue weighted by atomic mass is 9.86. The van der Waals surface area contributed by atoms with Gasteiger partial charge in [-0.1, -0.05) is 76.9 Å². The van der Waals surface area contributed by atoms with Gasteiger partial charge in [0.25, 0.3) is 5.91 Å². The van der Waals surface area contributed by atoms with Crippen LogP contribution < -0.4 is 5.32 Å². The number of carbonyl (C=O) groups excluding carboxylic acids is 2. The largest absolute Gasteiger partial charge is 0.327 e. The molecule has 3 aromatic rings. The zero-order valence-electron chi connectivity index (χ0n) is 22.8. The smallest absolute Gasteiger partial charge is 0.254 e. The van der Waals surface area contributed by atoms with E-state index in [1.165, 1.54) is 0 Å². The van der Waals surface area contributed by atoms with Crippen LogP contribution in [0.4, 0.5) is 5.82 Å². The van der Waals surface area contributed by atoms with E-state index < -0.39 is 0 Å². The molecule has 1 heterocycles. The van der Waals surface area contributed by atoms with Crippen molar-refractivity contribution in [1.29, 1.82) is 0 Å². The average molecular weight is 544 g/mol. The highest BCUT2D eigenvalue weighted by molar-refractivity contribution is 6.42. The van der Waals surface area contributed by atoms with Crippen molar-refractivity contribution in [3.8, 4) is 5.69 Å². The SMILES string of the molecule is CC(C)N(CC(=O)Nc1cc(C(C)(C)C)nn1-c1ccc(Cl)c(Cl)c1)C(=O)c1ccc(C(C)(C)C)cc1. The first-order valence-electron chi connectivity index (χ1n) is 12.4. The number of amides is 2. The Morgan fingerprint density at radius 3 is 2.05 bits per heavy atom. The zero-order valence-corrected chi connectivity index (χ0v) is 24.3. The monoisotopic (exact) mass is 542 g/mol. The van der Waals surface area contributed by atoms with Crippen molar-refractivity contribution in [3.63, 3.8) is 0 Å². The minimum absolute atomic E-state index is 0.0115. The Bertz CT molecular complexity index is 1280. The van der Waals surface area contributed by atoms with Crippen LogP contribution in [0.25, 0.3) is 5.69 Å². The summed E-state index contributed by atoms with van der Waals surface area (Å²) in [4.78, 5) is 28.1. The maximum absolute atomic E-state index is 13.3.